The smallest absolute Gasteiger partial charge is 0.250 e. The van der Waals surface area contributed by atoms with Crippen molar-refractivity contribution in [1.82, 2.24) is 5.32 Å². The lowest BCUT2D eigenvalue weighted by atomic mass is 9.99. The van der Waals surface area contributed by atoms with Crippen molar-refractivity contribution >= 4 is 5.91 Å². The summed E-state index contributed by atoms with van der Waals surface area (Å²) in [4.78, 5) is 11.7. The molecule has 1 aliphatic rings. The van der Waals surface area contributed by atoms with Crippen LogP contribution in [-0.4, -0.2) is 29.2 Å². The SMILES string of the molecule is CC(C)CC(N)C(O)C(=O)NC1CCCC1. The molecule has 0 spiro atoms. The van der Waals surface area contributed by atoms with Crippen molar-refractivity contribution in [3.63, 3.8) is 0 Å². The van der Waals surface area contributed by atoms with Crippen molar-refractivity contribution < 1.29 is 9.90 Å². The largest absolute Gasteiger partial charge is 0.382 e. The molecule has 1 rings (SSSR count). The van der Waals surface area contributed by atoms with Crippen LogP contribution in [0, 0.1) is 5.92 Å². The molecule has 0 aromatic rings. The highest BCUT2D eigenvalue weighted by molar-refractivity contribution is 5.81. The molecule has 2 atom stereocenters. The molecule has 4 heteroatoms. The van der Waals surface area contributed by atoms with Crippen LogP contribution in [-0.2, 0) is 4.79 Å². The predicted octanol–water partition coefficient (Wildman–Crippen LogP) is 0.779. The standard InChI is InChI=1S/C12H24N2O2/c1-8(2)7-10(13)11(15)12(16)14-9-5-3-4-6-9/h8-11,15H,3-7,13H2,1-2H3,(H,14,16). The summed E-state index contributed by atoms with van der Waals surface area (Å²) in [6.45, 7) is 4.06. The van der Waals surface area contributed by atoms with E-state index in [4.69, 9.17) is 5.73 Å². The number of rotatable bonds is 5. The van der Waals surface area contributed by atoms with Gasteiger partial charge in [-0.2, -0.15) is 0 Å². The average molecular weight is 228 g/mol. The fourth-order valence-corrected chi connectivity index (χ4v) is 2.22. The Bertz CT molecular complexity index is 225. The van der Waals surface area contributed by atoms with Crippen molar-refractivity contribution in [2.45, 2.75) is 64.1 Å². The summed E-state index contributed by atoms with van der Waals surface area (Å²) < 4.78 is 0. The Kier molecular flexibility index (Phi) is 5.22. The molecule has 4 N–H and O–H groups in total. The van der Waals surface area contributed by atoms with Gasteiger partial charge in [0.25, 0.3) is 5.91 Å². The van der Waals surface area contributed by atoms with Crippen molar-refractivity contribution in [3.8, 4) is 0 Å². The van der Waals surface area contributed by atoms with Crippen LogP contribution in [0.5, 0.6) is 0 Å². The molecule has 0 bridgehead atoms. The maximum absolute atomic E-state index is 11.7. The van der Waals surface area contributed by atoms with Crippen LogP contribution in [0.15, 0.2) is 0 Å². The molecule has 94 valence electrons. The number of hydrogen-bond donors (Lipinski definition) is 3. The molecule has 1 saturated carbocycles. The Labute approximate surface area is 97.6 Å². The van der Waals surface area contributed by atoms with E-state index in [9.17, 15) is 9.90 Å². The highest BCUT2D eigenvalue weighted by atomic mass is 16.3. The van der Waals surface area contributed by atoms with Gasteiger partial charge in [0.05, 0.1) is 0 Å². The second-order valence-corrected chi connectivity index (χ2v) is 5.23. The van der Waals surface area contributed by atoms with E-state index < -0.39 is 12.1 Å². The highest BCUT2D eigenvalue weighted by Crippen LogP contribution is 2.18. The fourth-order valence-electron chi connectivity index (χ4n) is 2.22. The second kappa shape index (κ2) is 6.21. The van der Waals surface area contributed by atoms with Crippen molar-refractivity contribution in [2.75, 3.05) is 0 Å². The van der Waals surface area contributed by atoms with Gasteiger partial charge in [-0.15, -0.1) is 0 Å². The molecule has 16 heavy (non-hydrogen) atoms. The highest BCUT2D eigenvalue weighted by Gasteiger charge is 2.26. The summed E-state index contributed by atoms with van der Waals surface area (Å²) in [5.74, 6) is 0.0870. The zero-order valence-corrected chi connectivity index (χ0v) is 10.3. The molecule has 0 aromatic carbocycles. The van der Waals surface area contributed by atoms with E-state index in [1.165, 1.54) is 12.8 Å². The number of nitrogens with one attached hydrogen (secondary N) is 1. The monoisotopic (exact) mass is 228 g/mol. The Hall–Kier alpha value is -0.610. The van der Waals surface area contributed by atoms with Crippen LogP contribution in [0.3, 0.4) is 0 Å². The van der Waals surface area contributed by atoms with E-state index >= 15 is 0 Å². The number of aliphatic hydroxyl groups excluding tert-OH is 1. The average Bonchev–Trinajstić information content (AvgIpc) is 2.68. The molecular formula is C12H24N2O2. The number of hydrogen-bond acceptors (Lipinski definition) is 3. The summed E-state index contributed by atoms with van der Waals surface area (Å²) in [6, 6.07) is -0.213. The lowest BCUT2D eigenvalue weighted by molar-refractivity contribution is -0.131. The Morgan fingerprint density at radius 1 is 1.44 bits per heavy atom. The molecule has 1 aliphatic carbocycles. The first-order valence-electron chi connectivity index (χ1n) is 6.24. The molecule has 0 radical (unpaired) electrons. The van der Waals surface area contributed by atoms with Gasteiger partial charge in [-0.1, -0.05) is 26.7 Å². The second-order valence-electron chi connectivity index (χ2n) is 5.23. The van der Waals surface area contributed by atoms with E-state index in [2.05, 4.69) is 5.32 Å². The first-order valence-corrected chi connectivity index (χ1v) is 6.24. The van der Waals surface area contributed by atoms with E-state index in [-0.39, 0.29) is 11.9 Å². The van der Waals surface area contributed by atoms with Gasteiger partial charge in [-0.05, 0) is 25.2 Å². The number of amides is 1. The summed E-state index contributed by atoms with van der Waals surface area (Å²) in [7, 11) is 0. The Morgan fingerprint density at radius 2 is 2.00 bits per heavy atom. The maximum atomic E-state index is 11.7. The summed E-state index contributed by atoms with van der Waals surface area (Å²) in [5, 5.41) is 12.6. The maximum Gasteiger partial charge on any atom is 0.250 e. The van der Waals surface area contributed by atoms with Gasteiger partial charge in [0.1, 0.15) is 6.10 Å². The minimum Gasteiger partial charge on any atom is -0.382 e. The lowest BCUT2D eigenvalue weighted by Gasteiger charge is -2.21. The zero-order chi connectivity index (χ0) is 12.1. The van der Waals surface area contributed by atoms with Gasteiger partial charge < -0.3 is 16.2 Å². The fraction of sp³-hybridized carbons (Fsp3) is 0.917. The third-order valence-electron chi connectivity index (χ3n) is 3.12. The number of carbonyl (C=O) groups excluding carboxylic acids is 1. The molecule has 1 amide bonds. The lowest BCUT2D eigenvalue weighted by Crippen LogP contribution is -2.49. The van der Waals surface area contributed by atoms with Crippen LogP contribution in [0.2, 0.25) is 0 Å². The van der Waals surface area contributed by atoms with Crippen LogP contribution in [0.4, 0.5) is 0 Å². The van der Waals surface area contributed by atoms with Crippen LogP contribution in [0.25, 0.3) is 0 Å². The molecule has 0 heterocycles. The van der Waals surface area contributed by atoms with Gasteiger partial charge in [-0.3, -0.25) is 4.79 Å². The van der Waals surface area contributed by atoms with Gasteiger partial charge in [-0.25, -0.2) is 0 Å². The first kappa shape index (κ1) is 13.5. The normalized spacial score (nSPS) is 21.1. The molecule has 0 saturated heterocycles. The molecule has 2 unspecified atom stereocenters. The van der Waals surface area contributed by atoms with Crippen LogP contribution >= 0.6 is 0 Å². The van der Waals surface area contributed by atoms with Gasteiger partial charge in [0, 0.05) is 12.1 Å². The van der Waals surface area contributed by atoms with E-state index in [0.717, 1.165) is 12.8 Å². The summed E-state index contributed by atoms with van der Waals surface area (Å²) in [5.41, 5.74) is 5.78. The molecule has 0 aliphatic heterocycles. The number of nitrogens with two attached hydrogens (primary N) is 1. The Balaban J connectivity index is 2.33. The topological polar surface area (TPSA) is 75.3 Å². The molecular weight excluding hydrogens is 204 g/mol. The van der Waals surface area contributed by atoms with Gasteiger partial charge in [0.2, 0.25) is 0 Å². The predicted molar refractivity (Wildman–Crippen MR) is 63.8 cm³/mol. The summed E-state index contributed by atoms with van der Waals surface area (Å²) >= 11 is 0. The minimum absolute atomic E-state index is 0.244. The van der Waals surface area contributed by atoms with Crippen LogP contribution in [0.1, 0.15) is 46.0 Å². The molecule has 0 aromatic heterocycles. The number of carbonyl (C=O) groups is 1. The van der Waals surface area contributed by atoms with E-state index in [0.29, 0.717) is 12.3 Å². The first-order chi connectivity index (χ1) is 7.50. The third-order valence-corrected chi connectivity index (χ3v) is 3.12. The molecule has 4 nitrogen and oxygen atoms in total. The van der Waals surface area contributed by atoms with Crippen molar-refractivity contribution in [2.24, 2.45) is 11.7 Å². The minimum atomic E-state index is -1.07. The van der Waals surface area contributed by atoms with E-state index in [1.54, 1.807) is 0 Å². The van der Waals surface area contributed by atoms with Gasteiger partial charge >= 0.3 is 0 Å². The van der Waals surface area contributed by atoms with E-state index in [1.807, 2.05) is 13.8 Å². The zero-order valence-electron chi connectivity index (χ0n) is 10.3. The van der Waals surface area contributed by atoms with Crippen molar-refractivity contribution in [1.29, 1.82) is 0 Å². The summed E-state index contributed by atoms with van der Waals surface area (Å²) in [6.07, 6.45) is 3.98. The number of aliphatic hydroxyl groups is 1. The van der Waals surface area contributed by atoms with Crippen LogP contribution < -0.4 is 11.1 Å². The molecule has 1 fully saturated rings. The van der Waals surface area contributed by atoms with Gasteiger partial charge in [0.15, 0.2) is 0 Å². The third kappa shape index (κ3) is 4.10. The van der Waals surface area contributed by atoms with Crippen molar-refractivity contribution in [3.05, 3.63) is 0 Å². The quantitative estimate of drug-likeness (QED) is 0.651. The Morgan fingerprint density at radius 3 is 2.50 bits per heavy atom.